The molecular formula is C22H20N4O2S. The average molecular weight is 404 g/mol. The fraction of sp³-hybridized carbons (Fsp3) is 0.136. The molecule has 146 valence electrons. The van der Waals surface area contributed by atoms with E-state index in [0.717, 1.165) is 11.3 Å². The lowest BCUT2D eigenvalue weighted by Gasteiger charge is -2.09. The fourth-order valence-electron chi connectivity index (χ4n) is 2.87. The number of anilines is 1. The van der Waals surface area contributed by atoms with Crippen LogP contribution in [0.1, 0.15) is 22.2 Å². The Morgan fingerprint density at radius 2 is 1.97 bits per heavy atom. The van der Waals surface area contributed by atoms with Gasteiger partial charge in [-0.25, -0.2) is 4.68 Å². The zero-order chi connectivity index (χ0) is 20.2. The molecule has 0 aliphatic heterocycles. The fourth-order valence-corrected chi connectivity index (χ4v) is 3.49. The number of rotatable bonds is 6. The van der Waals surface area contributed by atoms with Crippen molar-refractivity contribution in [3.8, 4) is 23.1 Å². The van der Waals surface area contributed by atoms with Gasteiger partial charge >= 0.3 is 6.01 Å². The van der Waals surface area contributed by atoms with Crippen molar-refractivity contribution < 1.29 is 9.53 Å². The maximum absolute atomic E-state index is 12.4. The molecule has 0 atom stereocenters. The highest BCUT2D eigenvalue weighted by atomic mass is 32.1. The first-order valence-electron chi connectivity index (χ1n) is 9.26. The molecule has 2 aromatic heterocycles. The van der Waals surface area contributed by atoms with Crippen molar-refractivity contribution in [2.75, 3.05) is 11.9 Å². The third-order valence-corrected chi connectivity index (χ3v) is 5.13. The van der Waals surface area contributed by atoms with Gasteiger partial charge in [0.05, 0.1) is 17.2 Å². The zero-order valence-corrected chi connectivity index (χ0v) is 16.9. The number of nitrogens with zero attached hydrogens (tertiary/aromatic N) is 3. The molecule has 1 N–H and O–H groups in total. The van der Waals surface area contributed by atoms with Crippen LogP contribution < -0.4 is 10.1 Å². The van der Waals surface area contributed by atoms with Crippen molar-refractivity contribution >= 4 is 22.9 Å². The summed E-state index contributed by atoms with van der Waals surface area (Å²) in [6.07, 6.45) is 0. The zero-order valence-electron chi connectivity index (χ0n) is 16.1. The standard InChI is InChI=1S/C22H20N4O2S/c1-3-28-22-24-20(16-11-9-15(2)10-12-16)26(25-22)18-7-4-6-17(14-18)23-21(27)19-8-5-13-29-19/h4-14H,3H2,1-2H3,(H,23,27). The molecule has 29 heavy (non-hydrogen) atoms. The van der Waals surface area contributed by atoms with Crippen LogP contribution in [0.5, 0.6) is 6.01 Å². The maximum atomic E-state index is 12.4. The molecule has 2 aromatic carbocycles. The van der Waals surface area contributed by atoms with Gasteiger partial charge in [0.25, 0.3) is 5.91 Å². The smallest absolute Gasteiger partial charge is 0.336 e. The molecule has 0 aliphatic rings. The van der Waals surface area contributed by atoms with Crippen LogP contribution in [0.4, 0.5) is 5.69 Å². The summed E-state index contributed by atoms with van der Waals surface area (Å²) in [6.45, 7) is 4.42. The molecule has 0 unspecified atom stereocenters. The molecule has 4 rings (SSSR count). The molecule has 0 saturated heterocycles. The van der Waals surface area contributed by atoms with E-state index < -0.39 is 0 Å². The van der Waals surface area contributed by atoms with Gasteiger partial charge in [0.15, 0.2) is 5.82 Å². The first kappa shape index (κ1) is 18.9. The van der Waals surface area contributed by atoms with E-state index in [0.29, 0.717) is 29.0 Å². The van der Waals surface area contributed by atoms with Gasteiger partial charge in [-0.15, -0.1) is 16.4 Å². The van der Waals surface area contributed by atoms with Crippen molar-refractivity contribution in [2.45, 2.75) is 13.8 Å². The minimum absolute atomic E-state index is 0.135. The number of thiophene rings is 1. The SMILES string of the molecule is CCOc1nc(-c2ccc(C)cc2)n(-c2cccc(NC(=O)c3cccs3)c2)n1. The number of aromatic nitrogens is 3. The van der Waals surface area contributed by atoms with Crippen LogP contribution in [0, 0.1) is 6.92 Å². The van der Waals surface area contributed by atoms with Gasteiger partial charge in [-0.2, -0.15) is 4.98 Å². The van der Waals surface area contributed by atoms with E-state index in [4.69, 9.17) is 4.74 Å². The quantitative estimate of drug-likeness (QED) is 0.493. The van der Waals surface area contributed by atoms with E-state index in [-0.39, 0.29) is 5.91 Å². The minimum atomic E-state index is -0.135. The topological polar surface area (TPSA) is 69.0 Å². The molecule has 7 heteroatoms. The van der Waals surface area contributed by atoms with Crippen molar-refractivity contribution in [3.63, 3.8) is 0 Å². The monoisotopic (exact) mass is 404 g/mol. The van der Waals surface area contributed by atoms with Gasteiger partial charge in [-0.05, 0) is 43.5 Å². The Morgan fingerprint density at radius 3 is 2.69 bits per heavy atom. The first-order valence-corrected chi connectivity index (χ1v) is 10.1. The highest BCUT2D eigenvalue weighted by molar-refractivity contribution is 7.12. The summed E-state index contributed by atoms with van der Waals surface area (Å²) in [6, 6.07) is 19.6. The molecule has 0 aliphatic carbocycles. The molecule has 0 saturated carbocycles. The second-order valence-electron chi connectivity index (χ2n) is 6.41. The number of ether oxygens (including phenoxy) is 1. The number of amides is 1. The van der Waals surface area contributed by atoms with Crippen LogP contribution in [0.2, 0.25) is 0 Å². The molecule has 0 spiro atoms. The number of hydrogen-bond donors (Lipinski definition) is 1. The summed E-state index contributed by atoms with van der Waals surface area (Å²) in [7, 11) is 0. The number of aryl methyl sites for hydroxylation is 1. The second kappa shape index (κ2) is 8.28. The van der Waals surface area contributed by atoms with Crippen molar-refractivity contribution in [1.82, 2.24) is 14.8 Å². The van der Waals surface area contributed by atoms with Gasteiger partial charge < -0.3 is 10.1 Å². The Labute approximate surface area is 172 Å². The number of carbonyl (C=O) groups excluding carboxylic acids is 1. The number of carbonyl (C=O) groups is 1. The molecular weight excluding hydrogens is 384 g/mol. The number of benzene rings is 2. The molecule has 1 amide bonds. The summed E-state index contributed by atoms with van der Waals surface area (Å²) < 4.78 is 7.26. The molecule has 0 radical (unpaired) electrons. The van der Waals surface area contributed by atoms with Crippen molar-refractivity contribution in [2.24, 2.45) is 0 Å². The van der Waals surface area contributed by atoms with E-state index in [9.17, 15) is 4.79 Å². The summed E-state index contributed by atoms with van der Waals surface area (Å²) >= 11 is 1.40. The van der Waals surface area contributed by atoms with Crippen LogP contribution in [0.15, 0.2) is 66.0 Å². The lowest BCUT2D eigenvalue weighted by Crippen LogP contribution is -2.10. The van der Waals surface area contributed by atoms with Crippen molar-refractivity contribution in [3.05, 3.63) is 76.5 Å². The normalized spacial score (nSPS) is 10.7. The van der Waals surface area contributed by atoms with E-state index >= 15 is 0 Å². The minimum Gasteiger partial charge on any atom is -0.463 e. The highest BCUT2D eigenvalue weighted by Crippen LogP contribution is 2.25. The van der Waals surface area contributed by atoms with Gasteiger partial charge in [-0.1, -0.05) is 42.0 Å². The highest BCUT2D eigenvalue weighted by Gasteiger charge is 2.15. The largest absolute Gasteiger partial charge is 0.463 e. The van der Waals surface area contributed by atoms with Gasteiger partial charge in [0.1, 0.15) is 0 Å². The molecule has 0 fully saturated rings. The van der Waals surface area contributed by atoms with E-state index in [1.807, 2.05) is 73.8 Å². The first-order chi connectivity index (χ1) is 14.1. The van der Waals surface area contributed by atoms with Crippen LogP contribution in [-0.2, 0) is 0 Å². The lowest BCUT2D eigenvalue weighted by molar-refractivity contribution is 0.103. The Hall–Kier alpha value is -3.45. The van der Waals surface area contributed by atoms with Crippen LogP contribution in [-0.4, -0.2) is 27.3 Å². The Bertz CT molecular complexity index is 1120. The summed E-state index contributed by atoms with van der Waals surface area (Å²) in [4.78, 5) is 17.6. The Balaban J connectivity index is 1.70. The third kappa shape index (κ3) is 4.20. The molecule has 6 nitrogen and oxygen atoms in total. The van der Waals surface area contributed by atoms with E-state index in [2.05, 4.69) is 15.4 Å². The number of hydrogen-bond acceptors (Lipinski definition) is 5. The average Bonchev–Trinajstić information content (AvgIpc) is 3.39. The Kier molecular flexibility index (Phi) is 5.39. The summed E-state index contributed by atoms with van der Waals surface area (Å²) in [5, 5.41) is 9.32. The lowest BCUT2D eigenvalue weighted by atomic mass is 10.1. The predicted octanol–water partition coefficient (Wildman–Crippen LogP) is 4.96. The third-order valence-electron chi connectivity index (χ3n) is 4.26. The van der Waals surface area contributed by atoms with Gasteiger partial charge in [0, 0.05) is 11.3 Å². The maximum Gasteiger partial charge on any atom is 0.336 e. The molecule has 4 aromatic rings. The van der Waals surface area contributed by atoms with Crippen LogP contribution in [0.3, 0.4) is 0 Å². The summed E-state index contributed by atoms with van der Waals surface area (Å²) in [5.74, 6) is 0.541. The predicted molar refractivity (Wildman–Crippen MR) is 115 cm³/mol. The molecule has 0 bridgehead atoms. The van der Waals surface area contributed by atoms with Gasteiger partial charge in [0.2, 0.25) is 0 Å². The van der Waals surface area contributed by atoms with E-state index in [1.165, 1.54) is 16.9 Å². The van der Waals surface area contributed by atoms with Crippen LogP contribution in [0.25, 0.3) is 17.1 Å². The van der Waals surface area contributed by atoms with Crippen LogP contribution >= 0.6 is 11.3 Å². The summed E-state index contributed by atoms with van der Waals surface area (Å²) in [5.41, 5.74) is 3.57. The number of nitrogens with one attached hydrogen (secondary N) is 1. The van der Waals surface area contributed by atoms with E-state index in [1.54, 1.807) is 10.7 Å². The molecule has 2 heterocycles. The van der Waals surface area contributed by atoms with Gasteiger partial charge in [-0.3, -0.25) is 4.79 Å². The Morgan fingerprint density at radius 1 is 1.14 bits per heavy atom. The van der Waals surface area contributed by atoms with Crippen molar-refractivity contribution in [1.29, 1.82) is 0 Å². The second-order valence-corrected chi connectivity index (χ2v) is 7.36.